The highest BCUT2D eigenvalue weighted by Gasteiger charge is 2.41. The van der Waals surface area contributed by atoms with Gasteiger partial charge in [-0.05, 0) is 66.4 Å². The van der Waals surface area contributed by atoms with Crippen molar-refractivity contribution in [1.82, 2.24) is 0 Å². The zero-order valence-electron chi connectivity index (χ0n) is 15.7. The Kier molecular flexibility index (Phi) is 5.13. The number of anilines is 2. The summed E-state index contributed by atoms with van der Waals surface area (Å²) in [5.41, 5.74) is 2.55. The molecule has 0 unspecified atom stereocenters. The van der Waals surface area contributed by atoms with E-state index in [1.165, 1.54) is 16.2 Å². The number of hydrogen-bond acceptors (Lipinski definition) is 5. The molecule has 1 aliphatic heterocycles. The average Bonchev–Trinajstić information content (AvgIpc) is 3.31. The number of methoxy groups -OCH3 is 1. The predicted molar refractivity (Wildman–Crippen MR) is 117 cm³/mol. The lowest BCUT2D eigenvalue weighted by atomic mass is 10.1. The Labute approximate surface area is 177 Å². The average molecular weight is 425 g/mol. The molecule has 0 bridgehead atoms. The smallest absolute Gasteiger partial charge is 0.282 e. The molecule has 0 aliphatic carbocycles. The van der Waals surface area contributed by atoms with Gasteiger partial charge in [-0.1, -0.05) is 17.7 Å². The molecule has 0 saturated heterocycles. The molecule has 0 fully saturated rings. The largest absolute Gasteiger partial charge is 0.497 e. The van der Waals surface area contributed by atoms with Crippen LogP contribution in [0.2, 0.25) is 5.02 Å². The van der Waals surface area contributed by atoms with Crippen molar-refractivity contribution in [3.8, 4) is 5.75 Å². The van der Waals surface area contributed by atoms with E-state index in [1.807, 2.05) is 24.4 Å². The molecule has 4 rings (SSSR count). The summed E-state index contributed by atoms with van der Waals surface area (Å²) in [5.74, 6) is -0.0613. The quantitative estimate of drug-likeness (QED) is 0.578. The van der Waals surface area contributed by atoms with E-state index in [1.54, 1.807) is 49.6 Å². The number of rotatable bonds is 5. The second-order valence-electron chi connectivity index (χ2n) is 6.46. The minimum atomic E-state index is -0.403. The lowest BCUT2D eigenvalue weighted by Crippen LogP contribution is -2.32. The molecule has 0 atom stereocenters. The van der Waals surface area contributed by atoms with Crippen LogP contribution in [-0.2, 0) is 9.59 Å². The number of halogens is 1. The normalized spacial score (nSPS) is 14.0. The van der Waals surface area contributed by atoms with E-state index in [4.69, 9.17) is 16.3 Å². The zero-order valence-corrected chi connectivity index (χ0v) is 17.3. The minimum absolute atomic E-state index is 0.247. The van der Waals surface area contributed by atoms with Gasteiger partial charge in [0.15, 0.2) is 0 Å². The van der Waals surface area contributed by atoms with Crippen molar-refractivity contribution in [1.29, 1.82) is 0 Å². The van der Waals surface area contributed by atoms with Crippen molar-refractivity contribution < 1.29 is 14.3 Å². The van der Waals surface area contributed by atoms with Gasteiger partial charge in [0.05, 0.1) is 18.4 Å². The van der Waals surface area contributed by atoms with Crippen LogP contribution >= 0.6 is 22.9 Å². The van der Waals surface area contributed by atoms with Gasteiger partial charge >= 0.3 is 0 Å². The van der Waals surface area contributed by atoms with Crippen molar-refractivity contribution in [2.24, 2.45) is 0 Å². The standard InChI is InChI=1S/C22H17ClN2O3S/c1-13-12-14(23)5-10-17(13)25-21(26)19(18-4-3-11-29-18)20(22(25)27)24-15-6-8-16(28-2)9-7-15/h3-12,24H,1-2H3. The number of carbonyl (C=O) groups is 2. The number of hydrogen-bond donors (Lipinski definition) is 1. The molecule has 5 nitrogen and oxygen atoms in total. The van der Waals surface area contributed by atoms with Crippen molar-refractivity contribution in [2.45, 2.75) is 6.92 Å². The number of ether oxygens (including phenoxy) is 1. The maximum absolute atomic E-state index is 13.3. The molecule has 3 aromatic rings. The summed E-state index contributed by atoms with van der Waals surface area (Å²) < 4.78 is 5.18. The van der Waals surface area contributed by atoms with Crippen molar-refractivity contribution in [3.05, 3.63) is 81.1 Å². The first-order valence-corrected chi connectivity index (χ1v) is 10.1. The minimum Gasteiger partial charge on any atom is -0.497 e. The fraction of sp³-hybridized carbons (Fsp3) is 0.0909. The van der Waals surface area contributed by atoms with Gasteiger partial charge in [0.2, 0.25) is 0 Å². The zero-order chi connectivity index (χ0) is 20.5. The Bertz CT molecular complexity index is 1120. The topological polar surface area (TPSA) is 58.6 Å². The van der Waals surface area contributed by atoms with Crippen LogP contribution in [0.25, 0.3) is 5.57 Å². The fourth-order valence-corrected chi connectivity index (χ4v) is 4.20. The lowest BCUT2D eigenvalue weighted by molar-refractivity contribution is -0.120. The molecule has 0 radical (unpaired) electrons. The molecule has 2 amide bonds. The molecular weight excluding hydrogens is 408 g/mol. The first-order chi connectivity index (χ1) is 14.0. The number of aryl methyl sites for hydroxylation is 1. The summed E-state index contributed by atoms with van der Waals surface area (Å²) in [7, 11) is 1.59. The van der Waals surface area contributed by atoms with Crippen LogP contribution in [-0.4, -0.2) is 18.9 Å². The molecule has 1 N–H and O–H groups in total. The number of amides is 2. The number of thiophene rings is 1. The summed E-state index contributed by atoms with van der Waals surface area (Å²) in [6.07, 6.45) is 0. The van der Waals surface area contributed by atoms with Crippen molar-refractivity contribution in [3.63, 3.8) is 0 Å². The SMILES string of the molecule is COc1ccc(NC2=C(c3cccs3)C(=O)N(c3ccc(Cl)cc3C)C2=O)cc1. The molecule has 7 heteroatoms. The molecule has 2 heterocycles. The molecule has 146 valence electrons. The van der Waals surface area contributed by atoms with Gasteiger partial charge in [0.25, 0.3) is 11.8 Å². The van der Waals surface area contributed by atoms with Crippen LogP contribution in [0.15, 0.2) is 65.7 Å². The summed E-state index contributed by atoms with van der Waals surface area (Å²) in [4.78, 5) is 28.6. The summed E-state index contributed by atoms with van der Waals surface area (Å²) >= 11 is 7.46. The fourth-order valence-electron chi connectivity index (χ4n) is 3.20. The summed E-state index contributed by atoms with van der Waals surface area (Å²) in [5, 5.41) is 5.56. The lowest BCUT2D eigenvalue weighted by Gasteiger charge is -2.18. The van der Waals surface area contributed by atoms with Crippen molar-refractivity contribution >= 4 is 51.7 Å². The van der Waals surface area contributed by atoms with Crippen LogP contribution < -0.4 is 15.0 Å². The van der Waals surface area contributed by atoms with Gasteiger partial charge < -0.3 is 10.1 Å². The van der Waals surface area contributed by atoms with Crippen LogP contribution in [0.3, 0.4) is 0 Å². The van der Waals surface area contributed by atoms with E-state index in [9.17, 15) is 9.59 Å². The highest BCUT2D eigenvalue weighted by molar-refractivity contribution is 7.11. The monoisotopic (exact) mass is 424 g/mol. The number of nitrogens with zero attached hydrogens (tertiary/aromatic N) is 1. The molecule has 1 aliphatic rings. The van der Waals surface area contributed by atoms with E-state index < -0.39 is 5.91 Å². The maximum Gasteiger partial charge on any atom is 0.282 e. The van der Waals surface area contributed by atoms with Crippen LogP contribution in [0, 0.1) is 6.92 Å². The predicted octanol–water partition coefficient (Wildman–Crippen LogP) is 5.12. The van der Waals surface area contributed by atoms with E-state index in [0.717, 1.165) is 10.4 Å². The molecule has 29 heavy (non-hydrogen) atoms. The van der Waals surface area contributed by atoms with Crippen LogP contribution in [0.4, 0.5) is 11.4 Å². The van der Waals surface area contributed by atoms with Gasteiger partial charge in [0, 0.05) is 15.6 Å². The molecular formula is C22H17ClN2O3S. The first kappa shape index (κ1) is 19.2. The van der Waals surface area contributed by atoms with E-state index in [0.29, 0.717) is 27.7 Å². The number of nitrogens with one attached hydrogen (secondary N) is 1. The third kappa shape index (κ3) is 3.52. The molecule has 1 aromatic heterocycles. The van der Waals surface area contributed by atoms with Gasteiger partial charge in [-0.3, -0.25) is 9.59 Å². The van der Waals surface area contributed by atoms with Crippen molar-refractivity contribution in [2.75, 3.05) is 17.3 Å². The molecule has 0 spiro atoms. The second kappa shape index (κ2) is 7.73. The number of carbonyl (C=O) groups excluding carboxylic acids is 2. The Morgan fingerprint density at radius 1 is 1.03 bits per heavy atom. The van der Waals surface area contributed by atoms with Gasteiger partial charge in [-0.25, -0.2) is 4.90 Å². The Morgan fingerprint density at radius 2 is 1.79 bits per heavy atom. The summed E-state index contributed by atoms with van der Waals surface area (Å²) in [6, 6.07) is 16.0. The third-order valence-corrected chi connectivity index (χ3v) is 5.73. The Morgan fingerprint density at radius 3 is 2.41 bits per heavy atom. The van der Waals surface area contributed by atoms with E-state index in [-0.39, 0.29) is 11.6 Å². The molecule has 2 aromatic carbocycles. The Hall–Kier alpha value is -3.09. The third-order valence-electron chi connectivity index (χ3n) is 4.61. The van der Waals surface area contributed by atoms with Crippen LogP contribution in [0.1, 0.15) is 10.4 Å². The maximum atomic E-state index is 13.3. The Balaban J connectivity index is 1.78. The van der Waals surface area contributed by atoms with Gasteiger partial charge in [-0.2, -0.15) is 0 Å². The van der Waals surface area contributed by atoms with Gasteiger partial charge in [-0.15, -0.1) is 11.3 Å². The molecule has 0 saturated carbocycles. The summed E-state index contributed by atoms with van der Waals surface area (Å²) in [6.45, 7) is 1.82. The first-order valence-electron chi connectivity index (χ1n) is 8.83. The number of benzene rings is 2. The highest BCUT2D eigenvalue weighted by Crippen LogP contribution is 2.37. The highest BCUT2D eigenvalue weighted by atomic mass is 35.5. The van der Waals surface area contributed by atoms with E-state index >= 15 is 0 Å². The van der Waals surface area contributed by atoms with E-state index in [2.05, 4.69) is 5.32 Å². The second-order valence-corrected chi connectivity index (χ2v) is 7.84. The van der Waals surface area contributed by atoms with Gasteiger partial charge in [0.1, 0.15) is 11.4 Å². The number of imide groups is 1. The van der Waals surface area contributed by atoms with Crippen LogP contribution in [0.5, 0.6) is 5.75 Å².